The van der Waals surface area contributed by atoms with E-state index in [9.17, 15) is 9.59 Å². The molecule has 150 valence electrons. The normalized spacial score (nSPS) is 22.2. The Kier molecular flexibility index (Phi) is 8.20. The Morgan fingerprint density at radius 1 is 1.26 bits per heavy atom. The number of amides is 2. The van der Waals surface area contributed by atoms with Crippen LogP contribution >= 0.6 is 46.5 Å². The molecule has 9 heteroatoms. The Balaban J connectivity index is 1.52. The van der Waals surface area contributed by atoms with Gasteiger partial charge in [0.15, 0.2) is 0 Å². The average molecular weight is 449 g/mol. The molecule has 2 amide bonds. The van der Waals surface area contributed by atoms with Crippen LogP contribution in [0, 0.1) is 0 Å². The number of hydrogen-bond donors (Lipinski definition) is 2. The molecule has 1 atom stereocenters. The first kappa shape index (κ1) is 21.3. The number of rotatable bonds is 7. The number of hydrogen-bond acceptors (Lipinski definition) is 6. The lowest BCUT2D eigenvalue weighted by atomic mass is 9.89. The van der Waals surface area contributed by atoms with E-state index in [-0.39, 0.29) is 11.8 Å². The van der Waals surface area contributed by atoms with Gasteiger partial charge in [-0.3, -0.25) is 9.59 Å². The summed E-state index contributed by atoms with van der Waals surface area (Å²) in [5.74, 6) is 3.36. The van der Waals surface area contributed by atoms with Crippen molar-refractivity contribution in [2.75, 3.05) is 37.0 Å². The van der Waals surface area contributed by atoms with Gasteiger partial charge in [-0.05, 0) is 29.9 Å². The fourth-order valence-corrected chi connectivity index (χ4v) is 6.86. The van der Waals surface area contributed by atoms with Crippen LogP contribution in [0.15, 0.2) is 11.4 Å². The smallest absolute Gasteiger partial charge is 0.224 e. The van der Waals surface area contributed by atoms with E-state index in [0.717, 1.165) is 17.1 Å². The van der Waals surface area contributed by atoms with Gasteiger partial charge >= 0.3 is 0 Å². The largest absolute Gasteiger partial charge is 0.381 e. The van der Waals surface area contributed by atoms with E-state index < -0.39 is 5.54 Å². The summed E-state index contributed by atoms with van der Waals surface area (Å²) >= 11 is 11.2. The van der Waals surface area contributed by atoms with Crippen LogP contribution in [0.5, 0.6) is 0 Å². The third kappa shape index (κ3) is 6.85. The summed E-state index contributed by atoms with van der Waals surface area (Å²) in [5.41, 5.74) is 0.486. The number of thioether (sulfide) groups is 2. The maximum absolute atomic E-state index is 12.5. The van der Waals surface area contributed by atoms with Crippen molar-refractivity contribution in [3.05, 3.63) is 21.3 Å². The van der Waals surface area contributed by atoms with Crippen LogP contribution in [0.1, 0.15) is 24.8 Å². The minimum Gasteiger partial charge on any atom is -0.381 e. The quantitative estimate of drug-likeness (QED) is 0.671. The molecule has 0 spiro atoms. The molecule has 2 fully saturated rings. The summed E-state index contributed by atoms with van der Waals surface area (Å²) in [7, 11) is 0. The highest BCUT2D eigenvalue weighted by Crippen LogP contribution is 2.26. The molecule has 0 radical (unpaired) electrons. The second-order valence-corrected chi connectivity index (χ2v) is 11.0. The van der Waals surface area contributed by atoms with Crippen molar-refractivity contribution < 1.29 is 14.3 Å². The Morgan fingerprint density at radius 3 is 2.74 bits per heavy atom. The topological polar surface area (TPSA) is 67.4 Å². The maximum Gasteiger partial charge on any atom is 0.224 e. The van der Waals surface area contributed by atoms with Gasteiger partial charge in [0, 0.05) is 48.7 Å². The lowest BCUT2D eigenvalue weighted by molar-refractivity contribution is -0.125. The molecule has 0 aromatic carbocycles. The molecule has 3 heterocycles. The number of carbonyl (C=O) groups is 2. The summed E-state index contributed by atoms with van der Waals surface area (Å²) < 4.78 is 6.16. The number of ether oxygens (including phenoxy) is 1. The Hall–Kier alpha value is -0.410. The van der Waals surface area contributed by atoms with Crippen molar-refractivity contribution in [2.24, 2.45) is 0 Å². The third-order valence-corrected chi connectivity index (χ3v) is 8.75. The monoisotopic (exact) mass is 448 g/mol. The predicted molar refractivity (Wildman–Crippen MR) is 115 cm³/mol. The Bertz CT molecular complexity index is 644. The van der Waals surface area contributed by atoms with Gasteiger partial charge in [-0.2, -0.15) is 23.5 Å². The van der Waals surface area contributed by atoms with Gasteiger partial charge in [0.2, 0.25) is 11.8 Å². The van der Waals surface area contributed by atoms with Gasteiger partial charge in [0.05, 0.1) is 16.3 Å². The lowest BCUT2D eigenvalue weighted by Gasteiger charge is -2.38. The van der Waals surface area contributed by atoms with Crippen LogP contribution in [0.3, 0.4) is 0 Å². The van der Waals surface area contributed by atoms with Gasteiger partial charge in [0.1, 0.15) is 0 Å². The maximum atomic E-state index is 12.5. The first-order valence-corrected chi connectivity index (χ1v) is 12.6. The molecular formula is C18H25ClN2O3S3. The fourth-order valence-electron chi connectivity index (χ4n) is 3.27. The second-order valence-electron chi connectivity index (χ2n) is 6.93. The van der Waals surface area contributed by atoms with Crippen molar-refractivity contribution in [3.63, 3.8) is 0 Å². The van der Waals surface area contributed by atoms with Crippen LogP contribution in [-0.2, 0) is 20.7 Å². The highest BCUT2D eigenvalue weighted by molar-refractivity contribution is 8.06. The molecule has 2 N–H and O–H groups in total. The molecule has 2 aliphatic rings. The van der Waals surface area contributed by atoms with E-state index in [1.54, 1.807) is 0 Å². The van der Waals surface area contributed by atoms with Gasteiger partial charge < -0.3 is 15.4 Å². The van der Waals surface area contributed by atoms with E-state index in [1.165, 1.54) is 17.1 Å². The summed E-state index contributed by atoms with van der Waals surface area (Å²) in [6.45, 7) is 1.64. The van der Waals surface area contributed by atoms with Crippen molar-refractivity contribution in [1.82, 2.24) is 10.6 Å². The number of nitrogens with one attached hydrogen (secondary N) is 2. The molecule has 0 aliphatic carbocycles. The summed E-state index contributed by atoms with van der Waals surface area (Å²) in [4.78, 5) is 24.9. The standard InChI is InChI=1S/C18H25ClN2O3S3/c19-15-7-13(10-27-15)8-17(23)21-18(1-3-24-4-2-18)12-20-16(22)9-14-11-25-5-6-26-14/h7,10,14H,1-6,8-9,11-12H2,(H,20,22)(H,21,23). The van der Waals surface area contributed by atoms with Crippen molar-refractivity contribution in [2.45, 2.75) is 36.5 Å². The van der Waals surface area contributed by atoms with Crippen LogP contribution in [0.25, 0.3) is 0 Å². The van der Waals surface area contributed by atoms with E-state index in [0.29, 0.717) is 55.0 Å². The highest BCUT2D eigenvalue weighted by Gasteiger charge is 2.34. The molecule has 1 unspecified atom stereocenters. The van der Waals surface area contributed by atoms with E-state index in [4.69, 9.17) is 16.3 Å². The van der Waals surface area contributed by atoms with Gasteiger partial charge in [-0.25, -0.2) is 0 Å². The average Bonchev–Trinajstić information content (AvgIpc) is 3.06. The molecule has 2 aliphatic heterocycles. The van der Waals surface area contributed by atoms with E-state index in [1.807, 2.05) is 35.0 Å². The molecule has 1 aromatic heterocycles. The van der Waals surface area contributed by atoms with E-state index in [2.05, 4.69) is 10.6 Å². The molecule has 2 saturated heterocycles. The minimum absolute atomic E-state index is 0.0418. The van der Waals surface area contributed by atoms with Crippen LogP contribution < -0.4 is 10.6 Å². The third-order valence-electron chi connectivity index (χ3n) is 4.76. The summed E-state index contributed by atoms with van der Waals surface area (Å²) in [6, 6.07) is 1.82. The predicted octanol–water partition coefficient (Wildman–Crippen LogP) is 2.96. The Morgan fingerprint density at radius 2 is 2.07 bits per heavy atom. The minimum atomic E-state index is -0.431. The molecule has 0 bridgehead atoms. The molecule has 3 rings (SSSR count). The SMILES string of the molecule is O=C(CC1CSCCS1)NCC1(NC(=O)Cc2csc(Cl)c2)CCOCC1. The lowest BCUT2D eigenvalue weighted by Crippen LogP contribution is -2.58. The first-order valence-electron chi connectivity index (χ1n) is 9.12. The van der Waals surface area contributed by atoms with Crippen molar-refractivity contribution in [3.8, 4) is 0 Å². The zero-order valence-corrected chi connectivity index (χ0v) is 18.3. The molecular weight excluding hydrogens is 424 g/mol. The number of halogens is 1. The Labute approximate surface area is 177 Å². The fraction of sp³-hybridized carbons (Fsp3) is 0.667. The zero-order valence-electron chi connectivity index (χ0n) is 15.1. The summed E-state index contributed by atoms with van der Waals surface area (Å²) in [6.07, 6.45) is 2.26. The van der Waals surface area contributed by atoms with Crippen molar-refractivity contribution >= 4 is 58.3 Å². The van der Waals surface area contributed by atoms with Crippen LogP contribution in [0.4, 0.5) is 0 Å². The first-order chi connectivity index (χ1) is 13.0. The van der Waals surface area contributed by atoms with Crippen LogP contribution in [-0.4, -0.2) is 59.6 Å². The molecule has 27 heavy (non-hydrogen) atoms. The number of carbonyl (C=O) groups excluding carboxylic acids is 2. The molecule has 0 saturated carbocycles. The van der Waals surface area contributed by atoms with Gasteiger partial charge in [-0.1, -0.05) is 11.6 Å². The number of thiophene rings is 1. The van der Waals surface area contributed by atoms with Crippen LogP contribution in [0.2, 0.25) is 4.34 Å². The van der Waals surface area contributed by atoms with Gasteiger partial charge in [-0.15, -0.1) is 11.3 Å². The van der Waals surface area contributed by atoms with Gasteiger partial charge in [0.25, 0.3) is 0 Å². The molecule has 5 nitrogen and oxygen atoms in total. The molecule has 1 aromatic rings. The second kappa shape index (κ2) is 10.4. The zero-order chi connectivity index (χ0) is 19.1. The van der Waals surface area contributed by atoms with Crippen molar-refractivity contribution in [1.29, 1.82) is 0 Å². The summed E-state index contributed by atoms with van der Waals surface area (Å²) in [5, 5.41) is 8.53. The van der Waals surface area contributed by atoms with E-state index >= 15 is 0 Å². The highest BCUT2D eigenvalue weighted by atomic mass is 35.5.